The molecule has 3 rings (SSSR count). The van der Waals surface area contributed by atoms with Gasteiger partial charge in [0.1, 0.15) is 5.69 Å². The van der Waals surface area contributed by atoms with Crippen molar-refractivity contribution in [3.8, 4) is 0 Å². The van der Waals surface area contributed by atoms with E-state index < -0.39 is 0 Å². The average molecular weight is 308 g/mol. The van der Waals surface area contributed by atoms with E-state index in [-0.39, 0.29) is 12.0 Å². The molecule has 0 radical (unpaired) electrons. The number of fused-ring (bicyclic) bond motifs is 1. The molecule has 0 aliphatic heterocycles. The van der Waals surface area contributed by atoms with E-state index in [1.54, 1.807) is 0 Å². The summed E-state index contributed by atoms with van der Waals surface area (Å²) in [6.07, 6.45) is 0. The number of rotatable bonds is 5. The van der Waals surface area contributed by atoms with Crippen molar-refractivity contribution in [2.45, 2.75) is 13.0 Å². The lowest BCUT2D eigenvalue weighted by molar-refractivity contribution is 0.0519. The number of benzene rings is 2. The Hall–Kier alpha value is -2.59. The lowest BCUT2D eigenvalue weighted by Crippen LogP contribution is -2.20. The topological polar surface area (TPSA) is 54.1 Å². The normalized spacial score (nSPS) is 12.3. The number of nitrogens with one attached hydrogen (secondary N) is 2. The largest absolute Gasteiger partial charge is 0.461 e. The predicted molar refractivity (Wildman–Crippen MR) is 91.6 cm³/mol. The molecule has 1 atom stereocenters. The third kappa shape index (κ3) is 2.85. The molecule has 0 bridgehead atoms. The molecule has 0 saturated carbocycles. The minimum absolute atomic E-state index is 0.0910. The van der Waals surface area contributed by atoms with E-state index in [9.17, 15) is 4.79 Å². The van der Waals surface area contributed by atoms with Gasteiger partial charge in [0.05, 0.1) is 12.6 Å². The van der Waals surface area contributed by atoms with Gasteiger partial charge in [0.15, 0.2) is 0 Å². The van der Waals surface area contributed by atoms with E-state index in [0.717, 1.165) is 22.0 Å². The predicted octanol–water partition coefficient (Wildman–Crippen LogP) is 3.65. The van der Waals surface area contributed by atoms with Crippen LogP contribution in [0.3, 0.4) is 0 Å². The van der Waals surface area contributed by atoms with Crippen molar-refractivity contribution >= 4 is 16.9 Å². The maximum Gasteiger partial charge on any atom is 0.355 e. The summed E-state index contributed by atoms with van der Waals surface area (Å²) in [5, 5.41) is 4.35. The summed E-state index contributed by atoms with van der Waals surface area (Å²) >= 11 is 0. The van der Waals surface area contributed by atoms with Crippen LogP contribution in [0.25, 0.3) is 10.9 Å². The van der Waals surface area contributed by atoms with Gasteiger partial charge in [-0.15, -0.1) is 0 Å². The fraction of sp³-hybridized carbons (Fsp3) is 0.211. The van der Waals surface area contributed by atoms with Crippen LogP contribution < -0.4 is 5.32 Å². The molecule has 23 heavy (non-hydrogen) atoms. The lowest BCUT2D eigenvalue weighted by Gasteiger charge is -2.18. The number of aromatic amines is 1. The third-order valence-corrected chi connectivity index (χ3v) is 3.94. The van der Waals surface area contributed by atoms with Crippen LogP contribution in [0.15, 0.2) is 54.6 Å². The Morgan fingerprint density at radius 3 is 2.52 bits per heavy atom. The number of para-hydroxylation sites is 1. The Balaban J connectivity index is 2.21. The summed E-state index contributed by atoms with van der Waals surface area (Å²) < 4.78 is 5.23. The molecule has 118 valence electrons. The van der Waals surface area contributed by atoms with Crippen molar-refractivity contribution < 1.29 is 9.53 Å². The molecular formula is C19H20N2O2. The molecule has 2 aromatic carbocycles. The number of aromatic nitrogens is 1. The number of hydrogen-bond acceptors (Lipinski definition) is 3. The number of H-pyrrole nitrogens is 1. The van der Waals surface area contributed by atoms with Crippen LogP contribution in [0.5, 0.6) is 0 Å². The quantitative estimate of drug-likeness (QED) is 0.707. The van der Waals surface area contributed by atoms with Crippen LogP contribution in [0.2, 0.25) is 0 Å². The Morgan fingerprint density at radius 1 is 1.13 bits per heavy atom. The molecule has 0 amide bonds. The molecule has 2 N–H and O–H groups in total. The fourth-order valence-corrected chi connectivity index (χ4v) is 2.95. The Kier molecular flexibility index (Phi) is 4.44. The molecular weight excluding hydrogens is 288 g/mol. The number of esters is 1. The molecule has 0 saturated heterocycles. The highest BCUT2D eigenvalue weighted by molar-refractivity contribution is 5.99. The smallest absolute Gasteiger partial charge is 0.355 e. The molecule has 3 aromatic rings. The van der Waals surface area contributed by atoms with Gasteiger partial charge in [-0.2, -0.15) is 0 Å². The van der Waals surface area contributed by atoms with Crippen molar-refractivity contribution in [3.05, 3.63) is 71.4 Å². The minimum Gasteiger partial charge on any atom is -0.461 e. The van der Waals surface area contributed by atoms with E-state index in [4.69, 9.17) is 4.74 Å². The Labute approximate surface area is 135 Å². The average Bonchev–Trinajstić information content (AvgIpc) is 2.97. The van der Waals surface area contributed by atoms with E-state index in [2.05, 4.69) is 22.4 Å². The first-order valence-electron chi connectivity index (χ1n) is 7.76. The van der Waals surface area contributed by atoms with Gasteiger partial charge < -0.3 is 15.0 Å². The first-order chi connectivity index (χ1) is 11.3. The molecule has 1 heterocycles. The zero-order valence-electron chi connectivity index (χ0n) is 13.3. The second-order valence-corrected chi connectivity index (χ2v) is 5.31. The molecule has 4 heteroatoms. The Bertz CT molecular complexity index is 809. The van der Waals surface area contributed by atoms with Gasteiger partial charge in [0.2, 0.25) is 0 Å². The summed E-state index contributed by atoms with van der Waals surface area (Å²) in [5.41, 5.74) is 3.47. The van der Waals surface area contributed by atoms with E-state index >= 15 is 0 Å². The second-order valence-electron chi connectivity index (χ2n) is 5.31. The maximum atomic E-state index is 12.4. The zero-order valence-corrected chi connectivity index (χ0v) is 13.3. The van der Waals surface area contributed by atoms with Crippen LogP contribution in [-0.2, 0) is 4.74 Å². The maximum absolute atomic E-state index is 12.4. The van der Waals surface area contributed by atoms with Gasteiger partial charge in [0.25, 0.3) is 0 Å². The highest BCUT2D eigenvalue weighted by atomic mass is 16.5. The van der Waals surface area contributed by atoms with Crippen molar-refractivity contribution in [2.24, 2.45) is 0 Å². The molecule has 0 unspecified atom stereocenters. The van der Waals surface area contributed by atoms with E-state index in [1.165, 1.54) is 0 Å². The highest BCUT2D eigenvalue weighted by Gasteiger charge is 2.25. The summed E-state index contributed by atoms with van der Waals surface area (Å²) in [4.78, 5) is 15.6. The first kappa shape index (κ1) is 15.3. The zero-order chi connectivity index (χ0) is 16.2. The summed E-state index contributed by atoms with van der Waals surface area (Å²) in [6, 6.07) is 17.9. The van der Waals surface area contributed by atoms with Gasteiger partial charge in [-0.25, -0.2) is 4.79 Å². The van der Waals surface area contributed by atoms with Crippen LogP contribution in [0.4, 0.5) is 0 Å². The Morgan fingerprint density at radius 2 is 1.83 bits per heavy atom. The molecule has 4 nitrogen and oxygen atoms in total. The van der Waals surface area contributed by atoms with Gasteiger partial charge in [-0.05, 0) is 25.6 Å². The lowest BCUT2D eigenvalue weighted by atomic mass is 9.96. The van der Waals surface area contributed by atoms with E-state index in [1.807, 2.05) is 56.4 Å². The van der Waals surface area contributed by atoms with Crippen LogP contribution >= 0.6 is 0 Å². The van der Waals surface area contributed by atoms with Gasteiger partial charge in [-0.3, -0.25) is 0 Å². The third-order valence-electron chi connectivity index (χ3n) is 3.94. The van der Waals surface area contributed by atoms with Gasteiger partial charge in [-0.1, -0.05) is 48.5 Å². The monoisotopic (exact) mass is 308 g/mol. The fourth-order valence-electron chi connectivity index (χ4n) is 2.95. The van der Waals surface area contributed by atoms with Crippen molar-refractivity contribution in [1.82, 2.24) is 10.3 Å². The number of ether oxygens (including phenoxy) is 1. The standard InChI is InChI=1S/C19H20N2O2/c1-3-23-19(22)18-16(14-11-7-8-12-15(14)21-18)17(20-2)13-9-5-4-6-10-13/h4-12,17,20-21H,3H2,1-2H3/t17-/m0/s1. The molecule has 0 aliphatic carbocycles. The van der Waals surface area contributed by atoms with Crippen LogP contribution in [0.1, 0.15) is 34.6 Å². The molecule has 0 fully saturated rings. The van der Waals surface area contributed by atoms with Crippen molar-refractivity contribution in [1.29, 1.82) is 0 Å². The summed E-state index contributed by atoms with van der Waals surface area (Å²) in [5.74, 6) is -0.324. The van der Waals surface area contributed by atoms with Gasteiger partial charge in [0, 0.05) is 16.5 Å². The van der Waals surface area contributed by atoms with Crippen molar-refractivity contribution in [3.63, 3.8) is 0 Å². The second kappa shape index (κ2) is 6.67. The first-order valence-corrected chi connectivity index (χ1v) is 7.76. The molecule has 0 spiro atoms. The minimum atomic E-state index is -0.324. The van der Waals surface area contributed by atoms with Gasteiger partial charge >= 0.3 is 5.97 Å². The number of carbonyl (C=O) groups is 1. The molecule has 1 aromatic heterocycles. The molecule has 0 aliphatic rings. The summed E-state index contributed by atoms with van der Waals surface area (Å²) in [6.45, 7) is 2.16. The van der Waals surface area contributed by atoms with Crippen LogP contribution in [0, 0.1) is 0 Å². The number of hydrogen-bond donors (Lipinski definition) is 2. The van der Waals surface area contributed by atoms with Crippen molar-refractivity contribution in [2.75, 3.05) is 13.7 Å². The van der Waals surface area contributed by atoms with Crippen LogP contribution in [-0.4, -0.2) is 24.6 Å². The van der Waals surface area contributed by atoms with E-state index in [0.29, 0.717) is 12.3 Å². The SMILES string of the molecule is CCOC(=O)c1[nH]c2ccccc2c1[C@@H](NC)c1ccccc1. The highest BCUT2D eigenvalue weighted by Crippen LogP contribution is 2.32. The summed E-state index contributed by atoms with van der Waals surface area (Å²) in [7, 11) is 1.90. The number of carbonyl (C=O) groups excluding carboxylic acids is 1.